The number of hydrogen-bond donors (Lipinski definition) is 1. The van der Waals surface area contributed by atoms with E-state index in [-0.39, 0.29) is 0 Å². The van der Waals surface area contributed by atoms with Crippen molar-refractivity contribution in [3.63, 3.8) is 0 Å². The van der Waals surface area contributed by atoms with Gasteiger partial charge in [0, 0.05) is 58.3 Å². The van der Waals surface area contributed by atoms with E-state index >= 15 is 0 Å². The summed E-state index contributed by atoms with van der Waals surface area (Å²) >= 11 is 1.75. The van der Waals surface area contributed by atoms with Crippen LogP contribution in [-0.2, 0) is 22.3 Å². The van der Waals surface area contributed by atoms with Crippen molar-refractivity contribution in [1.29, 1.82) is 0 Å². The molecule has 1 aromatic rings. The minimum Gasteiger partial charge on any atom is -0.385 e. The molecule has 0 aliphatic carbocycles. The van der Waals surface area contributed by atoms with Crippen LogP contribution in [0.1, 0.15) is 43.8 Å². The van der Waals surface area contributed by atoms with Gasteiger partial charge in [-0.1, -0.05) is 6.92 Å². The summed E-state index contributed by atoms with van der Waals surface area (Å²) in [7, 11) is 1.73. The van der Waals surface area contributed by atoms with Gasteiger partial charge in [0.25, 0.3) is 0 Å². The van der Waals surface area contributed by atoms with E-state index in [1.807, 2.05) is 0 Å². The van der Waals surface area contributed by atoms with E-state index < -0.39 is 0 Å². The summed E-state index contributed by atoms with van der Waals surface area (Å²) in [5.74, 6) is 1.02. The summed E-state index contributed by atoms with van der Waals surface area (Å²) < 4.78 is 11.0. The van der Waals surface area contributed by atoms with E-state index in [1.54, 1.807) is 18.4 Å². The van der Waals surface area contributed by atoms with Crippen LogP contribution in [0.3, 0.4) is 0 Å². The first-order valence-electron chi connectivity index (χ1n) is 9.83. The molecule has 6 nitrogen and oxygen atoms in total. The molecule has 7 heteroatoms. The van der Waals surface area contributed by atoms with Gasteiger partial charge in [-0.25, -0.2) is 4.98 Å². The zero-order valence-electron chi connectivity index (χ0n) is 16.5. The van der Waals surface area contributed by atoms with Crippen molar-refractivity contribution in [1.82, 2.24) is 15.2 Å². The monoisotopic (exact) mass is 382 g/mol. The van der Waals surface area contributed by atoms with Gasteiger partial charge in [0.2, 0.25) is 0 Å². The quantitative estimate of drug-likeness (QED) is 0.383. The number of guanidine groups is 1. The van der Waals surface area contributed by atoms with Gasteiger partial charge < -0.3 is 19.7 Å². The van der Waals surface area contributed by atoms with Gasteiger partial charge in [0.1, 0.15) is 0 Å². The van der Waals surface area contributed by atoms with E-state index in [0.29, 0.717) is 6.10 Å². The molecule has 0 bridgehead atoms. The third-order valence-electron chi connectivity index (χ3n) is 4.45. The Kier molecular flexibility index (Phi) is 9.95. The Labute approximate surface area is 162 Å². The number of rotatable bonds is 10. The zero-order valence-corrected chi connectivity index (χ0v) is 17.3. The molecule has 0 saturated carbocycles. The summed E-state index contributed by atoms with van der Waals surface area (Å²) in [5, 5.41) is 6.80. The van der Waals surface area contributed by atoms with E-state index in [2.05, 4.69) is 34.4 Å². The second kappa shape index (κ2) is 12.3. The molecule has 1 aliphatic rings. The van der Waals surface area contributed by atoms with Crippen molar-refractivity contribution in [3.05, 3.63) is 16.1 Å². The summed E-state index contributed by atoms with van der Waals surface area (Å²) in [6.45, 7) is 9.50. The van der Waals surface area contributed by atoms with Gasteiger partial charge in [0.15, 0.2) is 5.96 Å². The first kappa shape index (κ1) is 21.1. The number of nitrogens with zero attached hydrogens (tertiary/aromatic N) is 3. The molecule has 2 rings (SSSR count). The molecule has 1 N–H and O–H groups in total. The highest BCUT2D eigenvalue weighted by Crippen LogP contribution is 2.15. The predicted molar refractivity (Wildman–Crippen MR) is 108 cm³/mol. The van der Waals surface area contributed by atoms with Gasteiger partial charge in [0.05, 0.1) is 16.8 Å². The predicted octanol–water partition coefficient (Wildman–Crippen LogP) is 2.73. The highest BCUT2D eigenvalue weighted by molar-refractivity contribution is 7.09. The summed E-state index contributed by atoms with van der Waals surface area (Å²) in [4.78, 5) is 11.8. The van der Waals surface area contributed by atoms with Crippen LogP contribution in [0.5, 0.6) is 0 Å². The molecule has 0 radical (unpaired) electrons. The number of hydrogen-bond acceptors (Lipinski definition) is 5. The molecule has 0 aromatic carbocycles. The van der Waals surface area contributed by atoms with Crippen molar-refractivity contribution < 1.29 is 9.47 Å². The largest absolute Gasteiger partial charge is 0.385 e. The smallest absolute Gasteiger partial charge is 0.193 e. The molecule has 26 heavy (non-hydrogen) atoms. The van der Waals surface area contributed by atoms with Crippen LogP contribution in [0.2, 0.25) is 0 Å². The Morgan fingerprint density at radius 1 is 1.35 bits per heavy atom. The Balaban J connectivity index is 1.76. The van der Waals surface area contributed by atoms with Crippen LogP contribution < -0.4 is 5.32 Å². The van der Waals surface area contributed by atoms with Crippen LogP contribution in [0.25, 0.3) is 0 Å². The van der Waals surface area contributed by atoms with Crippen molar-refractivity contribution >= 4 is 17.3 Å². The van der Waals surface area contributed by atoms with Crippen molar-refractivity contribution in [2.24, 2.45) is 4.99 Å². The van der Waals surface area contributed by atoms with E-state index in [1.165, 1.54) is 5.01 Å². The van der Waals surface area contributed by atoms with Gasteiger partial charge in [-0.3, -0.25) is 4.99 Å². The van der Waals surface area contributed by atoms with Crippen molar-refractivity contribution in [2.45, 2.75) is 52.1 Å². The van der Waals surface area contributed by atoms with Crippen LogP contribution in [-0.4, -0.2) is 68.4 Å². The number of nitrogens with one attached hydrogen (secondary N) is 1. The molecule has 2 heterocycles. The molecule has 1 aliphatic heterocycles. The Morgan fingerprint density at radius 3 is 2.81 bits per heavy atom. The van der Waals surface area contributed by atoms with E-state index in [9.17, 15) is 0 Å². The number of aryl methyl sites for hydroxylation is 1. The number of aromatic nitrogens is 1. The number of thiazole rings is 1. The fourth-order valence-corrected chi connectivity index (χ4v) is 3.80. The van der Waals surface area contributed by atoms with Crippen LogP contribution in [0.4, 0.5) is 0 Å². The minimum absolute atomic E-state index is 0.369. The van der Waals surface area contributed by atoms with Crippen LogP contribution >= 0.6 is 11.3 Å². The summed E-state index contributed by atoms with van der Waals surface area (Å²) in [5.41, 5.74) is 1.16. The lowest BCUT2D eigenvalue weighted by Crippen LogP contribution is -2.47. The lowest BCUT2D eigenvalue weighted by atomic mass is 10.1. The van der Waals surface area contributed by atoms with E-state index in [4.69, 9.17) is 14.5 Å². The maximum atomic E-state index is 5.95. The second-order valence-corrected chi connectivity index (χ2v) is 7.42. The number of aliphatic imine (C=N–C) groups is 1. The fourth-order valence-electron chi connectivity index (χ4n) is 3.02. The van der Waals surface area contributed by atoms with Crippen molar-refractivity contribution in [2.75, 3.05) is 46.5 Å². The normalized spacial score (nSPS) is 16.3. The standard InChI is InChI=1S/C19H34N4O2S/c1-4-18-22-16(15-26-18)7-10-21-19(20-5-2)23-11-8-17(9-12-23)25-14-6-13-24-3/h15,17H,4-14H2,1-3H3,(H,20,21). The van der Waals surface area contributed by atoms with Crippen molar-refractivity contribution in [3.8, 4) is 0 Å². The first-order chi connectivity index (χ1) is 12.8. The summed E-state index contributed by atoms with van der Waals surface area (Å²) in [6.07, 6.45) is 5.38. The maximum absolute atomic E-state index is 5.95. The molecule has 1 fully saturated rings. The molecule has 0 amide bonds. The molecule has 1 saturated heterocycles. The lowest BCUT2D eigenvalue weighted by molar-refractivity contribution is 0.00991. The average Bonchev–Trinajstić information content (AvgIpc) is 3.13. The van der Waals surface area contributed by atoms with Crippen LogP contribution in [0, 0.1) is 0 Å². The maximum Gasteiger partial charge on any atom is 0.193 e. The molecule has 1 aromatic heterocycles. The Morgan fingerprint density at radius 2 is 2.15 bits per heavy atom. The number of ether oxygens (including phenoxy) is 2. The highest BCUT2D eigenvalue weighted by Gasteiger charge is 2.21. The first-order valence-corrected chi connectivity index (χ1v) is 10.7. The van der Waals surface area contributed by atoms with E-state index in [0.717, 1.165) is 83.2 Å². The Bertz CT molecular complexity index is 527. The van der Waals surface area contributed by atoms with Gasteiger partial charge in [-0.15, -0.1) is 11.3 Å². The molecular formula is C19H34N4O2S. The molecule has 0 atom stereocenters. The topological polar surface area (TPSA) is 59.0 Å². The number of likely N-dealkylation sites (tertiary alicyclic amines) is 1. The minimum atomic E-state index is 0.369. The zero-order chi connectivity index (χ0) is 18.6. The molecular weight excluding hydrogens is 348 g/mol. The van der Waals surface area contributed by atoms with Crippen LogP contribution in [0.15, 0.2) is 10.4 Å². The molecule has 148 valence electrons. The van der Waals surface area contributed by atoms with Gasteiger partial charge in [-0.05, 0) is 32.6 Å². The fraction of sp³-hybridized carbons (Fsp3) is 0.789. The third kappa shape index (κ3) is 7.21. The van der Waals surface area contributed by atoms with Gasteiger partial charge >= 0.3 is 0 Å². The summed E-state index contributed by atoms with van der Waals surface area (Å²) in [6, 6.07) is 0. The highest BCUT2D eigenvalue weighted by atomic mass is 32.1. The lowest BCUT2D eigenvalue weighted by Gasteiger charge is -2.34. The number of piperidine rings is 1. The van der Waals surface area contributed by atoms with Gasteiger partial charge in [-0.2, -0.15) is 0 Å². The molecule has 0 unspecified atom stereocenters. The SMILES string of the molecule is CCNC(=NCCc1csc(CC)n1)N1CCC(OCCCOC)CC1. The average molecular weight is 383 g/mol. The third-order valence-corrected chi connectivity index (χ3v) is 5.50. The second-order valence-electron chi connectivity index (χ2n) is 6.48. The molecule has 0 spiro atoms. The number of methoxy groups -OCH3 is 1. The Hall–Kier alpha value is -1.18.